The van der Waals surface area contributed by atoms with Gasteiger partial charge in [0, 0.05) is 66.9 Å². The standard InChI is InChI=1S/C44H35N3S2.C4H8.C2H6/c1-3-39-44(45-4-2)47(32-16-10-14-30(28-32)34-20-12-22-38-36-18-6-8-24-41(36)49-43(34)38)26-25-46(39)31-15-9-13-29(27-31)33-19-11-21-37-35-17-5-7-23-40(35)48-42(33)37;1-3-4-2;1-2/h3-24,27-28,36,41H,1,25-26H2,2H3;3-4H,1-2H3;1-2H3/b45-4-;4-3-;. The Kier molecular flexibility index (Phi) is 12.0. The van der Waals surface area contributed by atoms with Crippen LogP contribution in [-0.4, -0.2) is 24.6 Å². The Hall–Kier alpha value is -5.36. The molecule has 2 aliphatic heterocycles. The van der Waals surface area contributed by atoms with Crippen LogP contribution < -0.4 is 9.80 Å². The summed E-state index contributed by atoms with van der Waals surface area (Å²) in [5, 5.41) is 3.11. The minimum atomic E-state index is 0.446. The lowest BCUT2D eigenvalue weighted by atomic mass is 9.90. The Labute approximate surface area is 335 Å². The topological polar surface area (TPSA) is 18.8 Å². The molecule has 1 aliphatic carbocycles. The molecule has 0 saturated heterocycles. The predicted molar refractivity (Wildman–Crippen MR) is 245 cm³/mol. The molecule has 9 rings (SSSR count). The maximum Gasteiger partial charge on any atom is 0.156 e. The van der Waals surface area contributed by atoms with Crippen LogP contribution in [0.4, 0.5) is 11.4 Å². The normalized spacial score (nSPS) is 17.3. The van der Waals surface area contributed by atoms with Crippen LogP contribution in [0.15, 0.2) is 180 Å². The Morgan fingerprint density at radius 2 is 1.33 bits per heavy atom. The van der Waals surface area contributed by atoms with E-state index in [4.69, 9.17) is 4.99 Å². The summed E-state index contributed by atoms with van der Waals surface area (Å²) in [6, 6.07) is 40.1. The molecule has 0 N–H and O–H groups in total. The highest BCUT2D eigenvalue weighted by atomic mass is 32.2. The summed E-state index contributed by atoms with van der Waals surface area (Å²) in [7, 11) is 0. The monoisotopic (exact) mass is 755 g/mol. The van der Waals surface area contributed by atoms with Crippen molar-refractivity contribution < 1.29 is 0 Å². The molecule has 3 nitrogen and oxygen atoms in total. The van der Waals surface area contributed by atoms with E-state index in [-0.39, 0.29) is 0 Å². The van der Waals surface area contributed by atoms with Gasteiger partial charge in [-0.15, -0.1) is 23.1 Å². The molecule has 0 saturated carbocycles. The number of thioether (sulfide) groups is 1. The first-order valence-corrected chi connectivity index (χ1v) is 21.1. The number of fused-ring (bicyclic) bond motifs is 6. The molecule has 3 aliphatic rings. The van der Waals surface area contributed by atoms with E-state index in [0.29, 0.717) is 11.2 Å². The van der Waals surface area contributed by atoms with Crippen molar-refractivity contribution in [1.82, 2.24) is 0 Å². The fraction of sp³-hybridized carbons (Fsp3) is 0.180. The van der Waals surface area contributed by atoms with Crippen LogP contribution in [0, 0.1) is 0 Å². The molecule has 2 unspecified atom stereocenters. The first kappa shape index (κ1) is 37.9. The van der Waals surface area contributed by atoms with Crippen molar-refractivity contribution in [1.29, 1.82) is 0 Å². The zero-order chi connectivity index (χ0) is 38.3. The molecule has 55 heavy (non-hydrogen) atoms. The molecular formula is C50H49N3S2. The Bertz CT molecular complexity index is 2470. The number of hydrogen-bond donors (Lipinski definition) is 0. The van der Waals surface area contributed by atoms with E-state index in [1.165, 1.54) is 52.9 Å². The van der Waals surface area contributed by atoms with Gasteiger partial charge in [-0.05, 0) is 85.0 Å². The van der Waals surface area contributed by atoms with Crippen molar-refractivity contribution in [3.05, 3.63) is 175 Å². The minimum absolute atomic E-state index is 0.446. The van der Waals surface area contributed by atoms with E-state index in [0.717, 1.165) is 36.0 Å². The fourth-order valence-electron chi connectivity index (χ4n) is 7.61. The molecule has 0 amide bonds. The number of anilines is 2. The van der Waals surface area contributed by atoms with Crippen LogP contribution in [-0.2, 0) is 0 Å². The second-order valence-electron chi connectivity index (χ2n) is 13.3. The third kappa shape index (κ3) is 7.39. The maximum atomic E-state index is 4.97. The van der Waals surface area contributed by atoms with E-state index in [1.54, 1.807) is 0 Å². The number of rotatable bonds is 6. The summed E-state index contributed by atoms with van der Waals surface area (Å²) in [4.78, 5) is 11.1. The molecule has 1 aromatic heterocycles. The molecule has 0 radical (unpaired) electrons. The van der Waals surface area contributed by atoms with Crippen molar-refractivity contribution in [3.63, 3.8) is 0 Å². The first-order valence-electron chi connectivity index (χ1n) is 19.4. The third-order valence-electron chi connectivity index (χ3n) is 10.2. The van der Waals surface area contributed by atoms with Gasteiger partial charge in [0.1, 0.15) is 0 Å². The average molecular weight is 756 g/mol. The predicted octanol–water partition coefficient (Wildman–Crippen LogP) is 14.5. The van der Waals surface area contributed by atoms with Gasteiger partial charge < -0.3 is 9.80 Å². The maximum absolute atomic E-state index is 4.97. The lowest BCUT2D eigenvalue weighted by Crippen LogP contribution is -2.41. The lowest BCUT2D eigenvalue weighted by Gasteiger charge is -2.38. The summed E-state index contributed by atoms with van der Waals surface area (Å²) in [5.41, 5.74) is 9.74. The second kappa shape index (κ2) is 17.4. The number of thiophene rings is 1. The highest BCUT2D eigenvalue weighted by molar-refractivity contribution is 8.00. The van der Waals surface area contributed by atoms with Crippen LogP contribution >= 0.6 is 23.1 Å². The molecule has 0 spiro atoms. The van der Waals surface area contributed by atoms with E-state index in [9.17, 15) is 0 Å². The highest BCUT2D eigenvalue weighted by Gasteiger charge is 2.33. The summed E-state index contributed by atoms with van der Waals surface area (Å²) in [6.45, 7) is 15.9. The summed E-state index contributed by atoms with van der Waals surface area (Å²) in [6.07, 6.45) is 16.9. The van der Waals surface area contributed by atoms with Crippen LogP contribution in [0.1, 0.15) is 46.1 Å². The van der Waals surface area contributed by atoms with Crippen molar-refractivity contribution in [2.24, 2.45) is 4.99 Å². The van der Waals surface area contributed by atoms with Crippen LogP contribution in [0.25, 0.3) is 42.4 Å². The van der Waals surface area contributed by atoms with E-state index < -0.39 is 0 Å². The fourth-order valence-corrected chi connectivity index (χ4v) is 10.3. The van der Waals surface area contributed by atoms with E-state index >= 15 is 0 Å². The smallest absolute Gasteiger partial charge is 0.156 e. The Balaban J connectivity index is 0.000000730. The van der Waals surface area contributed by atoms with Crippen molar-refractivity contribution in [2.45, 2.75) is 50.7 Å². The SMILES string of the molecule is C/C=C\C.C=CC1=C(/N=C\C)N(c2cccc(-c3cccc4c3SC3C=CC=CC43)c2)CCN1c1cccc(-c2cccc3c2sc2ccccc23)c1.CC. The van der Waals surface area contributed by atoms with Crippen molar-refractivity contribution >= 4 is 60.9 Å². The quantitative estimate of drug-likeness (QED) is 0.125. The molecule has 0 bridgehead atoms. The van der Waals surface area contributed by atoms with Crippen molar-refractivity contribution in [2.75, 3.05) is 22.9 Å². The zero-order valence-corrected chi connectivity index (χ0v) is 34.1. The third-order valence-corrected chi connectivity index (χ3v) is 12.8. The summed E-state index contributed by atoms with van der Waals surface area (Å²) >= 11 is 3.86. The number of aliphatic imine (C=N–C) groups is 1. The molecule has 0 fully saturated rings. The highest BCUT2D eigenvalue weighted by Crippen LogP contribution is 2.52. The summed E-state index contributed by atoms with van der Waals surface area (Å²) < 4.78 is 2.65. The number of nitrogens with zero attached hydrogens (tertiary/aromatic N) is 3. The Morgan fingerprint density at radius 1 is 0.691 bits per heavy atom. The van der Waals surface area contributed by atoms with Crippen molar-refractivity contribution in [3.8, 4) is 22.3 Å². The Morgan fingerprint density at radius 3 is 2.07 bits per heavy atom. The lowest BCUT2D eigenvalue weighted by molar-refractivity contribution is 0.770. The molecule has 5 heteroatoms. The second-order valence-corrected chi connectivity index (χ2v) is 15.5. The molecule has 3 heterocycles. The van der Waals surface area contributed by atoms with E-state index in [1.807, 2.05) is 82.2 Å². The average Bonchev–Trinajstić information content (AvgIpc) is 3.83. The van der Waals surface area contributed by atoms with Crippen LogP contribution in [0.2, 0.25) is 0 Å². The van der Waals surface area contributed by atoms with Crippen LogP contribution in [0.3, 0.4) is 0 Å². The minimum Gasteiger partial charge on any atom is -0.337 e. The van der Waals surface area contributed by atoms with Gasteiger partial charge >= 0.3 is 0 Å². The number of benzene rings is 5. The largest absolute Gasteiger partial charge is 0.337 e. The molecule has 5 aromatic carbocycles. The molecular weight excluding hydrogens is 707 g/mol. The number of allylic oxidation sites excluding steroid dienone is 6. The van der Waals surface area contributed by atoms with Gasteiger partial charge in [-0.3, -0.25) is 0 Å². The van der Waals surface area contributed by atoms with Gasteiger partial charge in [0.25, 0.3) is 0 Å². The molecule has 6 aromatic rings. The molecule has 276 valence electrons. The zero-order valence-electron chi connectivity index (χ0n) is 32.4. The van der Waals surface area contributed by atoms with Gasteiger partial charge in [-0.1, -0.05) is 136 Å². The number of hydrogen-bond acceptors (Lipinski definition) is 5. The van der Waals surface area contributed by atoms with Gasteiger partial charge in [0.05, 0.1) is 5.70 Å². The van der Waals surface area contributed by atoms with Gasteiger partial charge in [0.15, 0.2) is 5.82 Å². The van der Waals surface area contributed by atoms with E-state index in [2.05, 4.69) is 150 Å². The first-order chi connectivity index (χ1) is 27.1. The summed E-state index contributed by atoms with van der Waals surface area (Å²) in [5.74, 6) is 1.35. The molecule has 2 atom stereocenters. The van der Waals surface area contributed by atoms with Crippen LogP contribution in [0.5, 0.6) is 0 Å². The van der Waals surface area contributed by atoms with Gasteiger partial charge in [0.2, 0.25) is 0 Å². The van der Waals surface area contributed by atoms with Gasteiger partial charge in [-0.2, -0.15) is 0 Å². The van der Waals surface area contributed by atoms with Gasteiger partial charge in [-0.25, -0.2) is 4.99 Å².